The van der Waals surface area contributed by atoms with E-state index >= 15 is 0 Å². The Morgan fingerprint density at radius 2 is 1.89 bits per heavy atom. The van der Waals surface area contributed by atoms with Gasteiger partial charge in [0.1, 0.15) is 17.0 Å². The standard InChI is InChI=1S/C14H15NO2S/c1-16-9-10-17-13-7-3-2-5-11(13)12-6-4-8-14(18)15-12/h2-8H,9-10H2,1H3,(H,15,18). The van der Waals surface area contributed by atoms with E-state index in [1.165, 1.54) is 0 Å². The summed E-state index contributed by atoms with van der Waals surface area (Å²) < 4.78 is 11.4. The van der Waals surface area contributed by atoms with Gasteiger partial charge in [0.2, 0.25) is 0 Å². The first kappa shape index (κ1) is 12.8. The van der Waals surface area contributed by atoms with Gasteiger partial charge in [-0.3, -0.25) is 0 Å². The third-order valence-electron chi connectivity index (χ3n) is 2.49. The molecule has 0 aliphatic rings. The van der Waals surface area contributed by atoms with Gasteiger partial charge in [0.15, 0.2) is 0 Å². The zero-order valence-corrected chi connectivity index (χ0v) is 11.0. The van der Waals surface area contributed by atoms with Crippen molar-refractivity contribution in [2.24, 2.45) is 0 Å². The van der Waals surface area contributed by atoms with Crippen LogP contribution in [0.2, 0.25) is 0 Å². The maximum atomic E-state index is 5.69. The minimum Gasteiger partial charge on any atom is -0.490 e. The number of para-hydroxylation sites is 1. The van der Waals surface area contributed by atoms with E-state index in [4.69, 9.17) is 21.7 Å². The zero-order chi connectivity index (χ0) is 12.8. The summed E-state index contributed by atoms with van der Waals surface area (Å²) in [6.07, 6.45) is 0. The van der Waals surface area contributed by atoms with Crippen LogP contribution in [0.25, 0.3) is 11.3 Å². The fourth-order valence-corrected chi connectivity index (χ4v) is 1.84. The molecule has 1 heterocycles. The van der Waals surface area contributed by atoms with Gasteiger partial charge < -0.3 is 14.5 Å². The molecule has 3 nitrogen and oxygen atoms in total. The van der Waals surface area contributed by atoms with Crippen LogP contribution in [0.5, 0.6) is 5.75 Å². The quantitative estimate of drug-likeness (QED) is 0.661. The highest BCUT2D eigenvalue weighted by Crippen LogP contribution is 2.27. The molecule has 2 rings (SSSR count). The van der Waals surface area contributed by atoms with Crippen LogP contribution in [0.3, 0.4) is 0 Å². The Kier molecular flexibility index (Phi) is 4.50. The number of H-pyrrole nitrogens is 1. The molecule has 0 radical (unpaired) electrons. The van der Waals surface area contributed by atoms with E-state index in [-0.39, 0.29) is 0 Å². The number of benzene rings is 1. The number of hydrogen-bond acceptors (Lipinski definition) is 3. The topological polar surface area (TPSA) is 34.2 Å². The summed E-state index contributed by atoms with van der Waals surface area (Å²) in [6.45, 7) is 1.10. The molecule has 2 aromatic rings. The molecular formula is C14H15NO2S. The predicted octanol–water partition coefficient (Wildman–Crippen LogP) is 3.44. The number of aromatic nitrogens is 1. The molecule has 0 aliphatic carbocycles. The lowest BCUT2D eigenvalue weighted by Crippen LogP contribution is -2.05. The summed E-state index contributed by atoms with van der Waals surface area (Å²) in [4.78, 5) is 3.16. The van der Waals surface area contributed by atoms with Crippen molar-refractivity contribution in [3.63, 3.8) is 0 Å². The molecule has 1 aromatic carbocycles. The Balaban J connectivity index is 2.29. The molecule has 0 aliphatic heterocycles. The van der Waals surface area contributed by atoms with Crippen LogP contribution in [0.1, 0.15) is 0 Å². The Morgan fingerprint density at radius 3 is 2.67 bits per heavy atom. The van der Waals surface area contributed by atoms with Gasteiger partial charge in [0.25, 0.3) is 0 Å². The highest BCUT2D eigenvalue weighted by molar-refractivity contribution is 7.71. The lowest BCUT2D eigenvalue weighted by atomic mass is 10.1. The molecule has 0 unspecified atom stereocenters. The molecule has 0 amide bonds. The first-order valence-electron chi connectivity index (χ1n) is 5.72. The number of pyridine rings is 1. The lowest BCUT2D eigenvalue weighted by molar-refractivity contribution is 0.146. The molecule has 1 aromatic heterocycles. The van der Waals surface area contributed by atoms with Crippen molar-refractivity contribution < 1.29 is 9.47 Å². The van der Waals surface area contributed by atoms with Crippen molar-refractivity contribution in [3.8, 4) is 17.0 Å². The van der Waals surface area contributed by atoms with Gasteiger partial charge in [-0.05, 0) is 24.3 Å². The molecule has 0 bridgehead atoms. The van der Waals surface area contributed by atoms with E-state index in [1.54, 1.807) is 7.11 Å². The van der Waals surface area contributed by atoms with Gasteiger partial charge in [-0.2, -0.15) is 0 Å². The summed E-state index contributed by atoms with van der Waals surface area (Å²) in [6, 6.07) is 13.6. The Morgan fingerprint density at radius 1 is 1.06 bits per heavy atom. The smallest absolute Gasteiger partial charge is 0.128 e. The van der Waals surface area contributed by atoms with Crippen molar-refractivity contribution in [1.29, 1.82) is 0 Å². The van der Waals surface area contributed by atoms with Crippen molar-refractivity contribution in [3.05, 3.63) is 47.1 Å². The van der Waals surface area contributed by atoms with Crippen molar-refractivity contribution in [2.75, 3.05) is 20.3 Å². The lowest BCUT2D eigenvalue weighted by Gasteiger charge is -2.11. The van der Waals surface area contributed by atoms with Crippen LogP contribution in [0.4, 0.5) is 0 Å². The fraction of sp³-hybridized carbons (Fsp3) is 0.214. The highest BCUT2D eigenvalue weighted by Gasteiger charge is 2.05. The van der Waals surface area contributed by atoms with E-state index in [0.717, 1.165) is 17.0 Å². The summed E-state index contributed by atoms with van der Waals surface area (Å²) in [5.41, 5.74) is 1.95. The molecule has 0 spiro atoms. The molecule has 0 saturated carbocycles. The molecule has 1 N–H and O–H groups in total. The van der Waals surface area contributed by atoms with Crippen molar-refractivity contribution in [1.82, 2.24) is 4.98 Å². The summed E-state index contributed by atoms with van der Waals surface area (Å²) >= 11 is 5.13. The highest BCUT2D eigenvalue weighted by atomic mass is 32.1. The molecule has 0 atom stereocenters. The largest absolute Gasteiger partial charge is 0.490 e. The predicted molar refractivity (Wildman–Crippen MR) is 74.4 cm³/mol. The van der Waals surface area contributed by atoms with E-state index in [1.807, 2.05) is 42.5 Å². The number of aromatic amines is 1. The van der Waals surface area contributed by atoms with Crippen LogP contribution < -0.4 is 4.74 Å². The van der Waals surface area contributed by atoms with Crippen LogP contribution in [0.15, 0.2) is 42.5 Å². The second-order valence-electron chi connectivity index (χ2n) is 3.77. The summed E-state index contributed by atoms with van der Waals surface area (Å²) in [7, 11) is 1.66. The Labute approximate surface area is 111 Å². The summed E-state index contributed by atoms with van der Waals surface area (Å²) in [5, 5.41) is 0. The Bertz CT molecular complexity index is 565. The van der Waals surface area contributed by atoms with Crippen LogP contribution >= 0.6 is 12.2 Å². The third kappa shape index (κ3) is 3.18. The maximum Gasteiger partial charge on any atom is 0.128 e. The second-order valence-corrected chi connectivity index (χ2v) is 4.21. The van der Waals surface area contributed by atoms with Crippen LogP contribution in [0, 0.1) is 4.64 Å². The average Bonchev–Trinajstić information content (AvgIpc) is 2.40. The Hall–Kier alpha value is -1.65. The van der Waals surface area contributed by atoms with Crippen molar-refractivity contribution in [2.45, 2.75) is 0 Å². The molecule has 94 valence electrons. The molecule has 0 fully saturated rings. The maximum absolute atomic E-state index is 5.69. The summed E-state index contributed by atoms with van der Waals surface area (Å²) in [5.74, 6) is 0.825. The number of methoxy groups -OCH3 is 1. The minimum absolute atomic E-state index is 0.529. The van der Waals surface area contributed by atoms with Gasteiger partial charge in [-0.25, -0.2) is 0 Å². The molecule has 4 heteroatoms. The SMILES string of the molecule is COCCOc1ccccc1-c1cccc(=S)[nH]1. The number of nitrogens with one attached hydrogen (secondary N) is 1. The number of hydrogen-bond donors (Lipinski definition) is 1. The molecular weight excluding hydrogens is 246 g/mol. The monoisotopic (exact) mass is 261 g/mol. The molecule has 0 saturated heterocycles. The van der Waals surface area contributed by atoms with Crippen molar-refractivity contribution >= 4 is 12.2 Å². The van der Waals surface area contributed by atoms with Gasteiger partial charge in [-0.1, -0.05) is 30.4 Å². The van der Waals surface area contributed by atoms with Gasteiger partial charge in [-0.15, -0.1) is 0 Å². The molecule has 18 heavy (non-hydrogen) atoms. The van der Waals surface area contributed by atoms with Crippen LogP contribution in [-0.4, -0.2) is 25.3 Å². The van der Waals surface area contributed by atoms with Crippen LogP contribution in [-0.2, 0) is 4.74 Å². The van der Waals surface area contributed by atoms with Gasteiger partial charge in [0.05, 0.1) is 12.3 Å². The first-order chi connectivity index (χ1) is 8.81. The van der Waals surface area contributed by atoms with E-state index in [9.17, 15) is 0 Å². The van der Waals surface area contributed by atoms with E-state index < -0.39 is 0 Å². The fourth-order valence-electron chi connectivity index (χ4n) is 1.65. The van der Waals surface area contributed by atoms with Gasteiger partial charge >= 0.3 is 0 Å². The average molecular weight is 261 g/mol. The second kappa shape index (κ2) is 6.33. The third-order valence-corrected chi connectivity index (χ3v) is 2.73. The first-order valence-corrected chi connectivity index (χ1v) is 6.12. The van der Waals surface area contributed by atoms with Gasteiger partial charge in [0, 0.05) is 12.7 Å². The number of ether oxygens (including phenoxy) is 2. The normalized spacial score (nSPS) is 10.3. The minimum atomic E-state index is 0.529. The van der Waals surface area contributed by atoms with E-state index in [0.29, 0.717) is 17.9 Å². The van der Waals surface area contributed by atoms with E-state index in [2.05, 4.69) is 4.98 Å². The number of rotatable bonds is 5. The zero-order valence-electron chi connectivity index (χ0n) is 10.2.